The molecule has 1 fully saturated rings. The van der Waals surface area contributed by atoms with Crippen LogP contribution in [0.3, 0.4) is 0 Å². The number of nitrogens with zero attached hydrogens (tertiary/aromatic N) is 1. The Kier molecular flexibility index (Phi) is 2.61. The van der Waals surface area contributed by atoms with Gasteiger partial charge in [0.25, 0.3) is 0 Å². The highest BCUT2D eigenvalue weighted by Crippen LogP contribution is 2.27. The average molecular weight is 183 g/mol. The predicted molar refractivity (Wildman–Crippen MR) is 45.2 cm³/mol. The fourth-order valence-corrected chi connectivity index (χ4v) is 1.47. The highest BCUT2D eigenvalue weighted by Gasteiger charge is 2.22. The van der Waals surface area contributed by atoms with Crippen molar-refractivity contribution >= 4 is 0 Å². The van der Waals surface area contributed by atoms with Crippen LogP contribution < -0.4 is 0 Å². The largest absolute Gasteiger partial charge is 0.443 e. The number of rotatable bonds is 3. The second-order valence-corrected chi connectivity index (χ2v) is 3.14. The minimum absolute atomic E-state index is 0.0347. The van der Waals surface area contributed by atoms with E-state index in [0.29, 0.717) is 12.3 Å². The van der Waals surface area contributed by atoms with E-state index in [1.165, 1.54) is 0 Å². The molecule has 13 heavy (non-hydrogen) atoms. The van der Waals surface area contributed by atoms with Gasteiger partial charge in [-0.1, -0.05) is 0 Å². The van der Waals surface area contributed by atoms with Gasteiger partial charge in [-0.3, -0.25) is 0 Å². The van der Waals surface area contributed by atoms with Crippen LogP contribution in [0.1, 0.15) is 30.6 Å². The fraction of sp³-hybridized carbons (Fsp3) is 0.667. The van der Waals surface area contributed by atoms with Crippen LogP contribution in [0.5, 0.6) is 0 Å². The molecule has 1 aliphatic heterocycles. The zero-order valence-electron chi connectivity index (χ0n) is 7.40. The molecule has 0 bridgehead atoms. The second-order valence-electron chi connectivity index (χ2n) is 3.14. The molecule has 1 atom stereocenters. The second kappa shape index (κ2) is 3.89. The van der Waals surface area contributed by atoms with Gasteiger partial charge in [-0.15, -0.1) is 0 Å². The Morgan fingerprint density at radius 3 is 3.23 bits per heavy atom. The van der Waals surface area contributed by atoms with Gasteiger partial charge in [0.2, 0.25) is 5.89 Å². The normalized spacial score (nSPS) is 22.4. The lowest BCUT2D eigenvalue weighted by molar-refractivity contribution is 0.0878. The summed E-state index contributed by atoms with van der Waals surface area (Å²) in [6.07, 6.45) is 4.28. The van der Waals surface area contributed by atoms with E-state index in [1.807, 2.05) is 0 Å². The van der Waals surface area contributed by atoms with E-state index >= 15 is 0 Å². The quantitative estimate of drug-likeness (QED) is 0.761. The summed E-state index contributed by atoms with van der Waals surface area (Å²) in [6, 6.07) is 0. The van der Waals surface area contributed by atoms with E-state index < -0.39 is 0 Å². The number of oxazole rings is 1. The lowest BCUT2D eigenvalue weighted by Crippen LogP contribution is -1.95. The summed E-state index contributed by atoms with van der Waals surface area (Å²) in [5.74, 6) is 1.38. The molecule has 2 heterocycles. The van der Waals surface area contributed by atoms with Crippen molar-refractivity contribution in [2.75, 3.05) is 13.2 Å². The zero-order chi connectivity index (χ0) is 9.10. The van der Waals surface area contributed by atoms with Crippen LogP contribution in [0.25, 0.3) is 0 Å². The third kappa shape index (κ3) is 1.89. The first-order valence-electron chi connectivity index (χ1n) is 4.57. The zero-order valence-corrected chi connectivity index (χ0v) is 7.40. The van der Waals surface area contributed by atoms with E-state index in [9.17, 15) is 0 Å². The first kappa shape index (κ1) is 8.72. The third-order valence-electron chi connectivity index (χ3n) is 2.13. The summed E-state index contributed by atoms with van der Waals surface area (Å²) in [6.45, 7) is 0.891. The van der Waals surface area contributed by atoms with Crippen LogP contribution >= 0.6 is 0 Å². The minimum atomic E-state index is 0.0347. The monoisotopic (exact) mass is 183 g/mol. The molecule has 1 N–H and O–H groups in total. The van der Waals surface area contributed by atoms with Crippen LogP contribution in [0.2, 0.25) is 0 Å². The van der Waals surface area contributed by atoms with Gasteiger partial charge in [-0.25, -0.2) is 4.98 Å². The molecule has 0 amide bonds. The van der Waals surface area contributed by atoms with Crippen molar-refractivity contribution < 1.29 is 14.3 Å². The van der Waals surface area contributed by atoms with Gasteiger partial charge in [0, 0.05) is 13.0 Å². The van der Waals surface area contributed by atoms with Crippen molar-refractivity contribution in [3.05, 3.63) is 17.8 Å². The summed E-state index contributed by atoms with van der Waals surface area (Å²) >= 11 is 0. The number of aromatic nitrogens is 1. The van der Waals surface area contributed by atoms with Crippen molar-refractivity contribution in [3.8, 4) is 0 Å². The van der Waals surface area contributed by atoms with E-state index in [0.717, 1.165) is 25.2 Å². The Morgan fingerprint density at radius 2 is 2.54 bits per heavy atom. The van der Waals surface area contributed by atoms with Crippen LogP contribution in [-0.4, -0.2) is 23.3 Å². The molecule has 1 aliphatic rings. The number of hydrogen-bond donors (Lipinski definition) is 1. The first-order chi connectivity index (χ1) is 6.40. The molecular weight excluding hydrogens is 170 g/mol. The first-order valence-corrected chi connectivity index (χ1v) is 4.57. The molecule has 0 radical (unpaired) electrons. The summed E-state index contributed by atoms with van der Waals surface area (Å²) in [5, 5.41) is 8.68. The smallest absolute Gasteiger partial charge is 0.223 e. The van der Waals surface area contributed by atoms with E-state index in [1.54, 1.807) is 6.20 Å². The SMILES string of the molecule is OCCc1cnc(C2CCCO2)o1. The van der Waals surface area contributed by atoms with Crippen LogP contribution in [0, 0.1) is 0 Å². The molecule has 1 aromatic rings. The molecule has 72 valence electrons. The van der Waals surface area contributed by atoms with Crippen LogP contribution in [-0.2, 0) is 11.2 Å². The number of ether oxygens (including phenoxy) is 1. The summed E-state index contributed by atoms with van der Waals surface area (Å²) < 4.78 is 10.8. The fourth-order valence-electron chi connectivity index (χ4n) is 1.47. The standard InChI is InChI=1S/C9H13NO3/c11-4-3-7-6-10-9(13-7)8-2-1-5-12-8/h6,8,11H,1-5H2. The van der Waals surface area contributed by atoms with E-state index in [2.05, 4.69) is 4.98 Å². The summed E-state index contributed by atoms with van der Waals surface area (Å²) in [7, 11) is 0. The van der Waals surface area contributed by atoms with Gasteiger partial charge in [0.15, 0.2) is 0 Å². The van der Waals surface area contributed by atoms with E-state index in [-0.39, 0.29) is 12.7 Å². The van der Waals surface area contributed by atoms with Crippen LogP contribution in [0.15, 0.2) is 10.6 Å². The maximum absolute atomic E-state index is 8.68. The van der Waals surface area contributed by atoms with Gasteiger partial charge < -0.3 is 14.3 Å². The topological polar surface area (TPSA) is 55.5 Å². The summed E-state index contributed by atoms with van der Waals surface area (Å²) in [4.78, 5) is 4.11. The molecule has 0 aliphatic carbocycles. The van der Waals surface area contributed by atoms with E-state index in [4.69, 9.17) is 14.3 Å². The molecular formula is C9H13NO3. The van der Waals surface area contributed by atoms with Crippen molar-refractivity contribution in [2.24, 2.45) is 0 Å². The molecule has 2 rings (SSSR count). The van der Waals surface area contributed by atoms with Gasteiger partial charge in [-0.05, 0) is 12.8 Å². The Bertz CT molecular complexity index is 266. The molecule has 0 saturated carbocycles. The number of aliphatic hydroxyl groups is 1. The van der Waals surface area contributed by atoms with Gasteiger partial charge in [0.05, 0.1) is 12.8 Å². The maximum atomic E-state index is 8.68. The number of hydrogen-bond acceptors (Lipinski definition) is 4. The lowest BCUT2D eigenvalue weighted by Gasteiger charge is -2.02. The molecule has 1 saturated heterocycles. The van der Waals surface area contributed by atoms with Gasteiger partial charge >= 0.3 is 0 Å². The Labute approximate surface area is 76.5 Å². The molecule has 1 aromatic heterocycles. The van der Waals surface area contributed by atoms with Crippen molar-refractivity contribution in [2.45, 2.75) is 25.4 Å². The molecule has 0 spiro atoms. The minimum Gasteiger partial charge on any atom is -0.443 e. The Hall–Kier alpha value is -0.870. The lowest BCUT2D eigenvalue weighted by atomic mass is 10.2. The van der Waals surface area contributed by atoms with Crippen molar-refractivity contribution in [1.82, 2.24) is 4.98 Å². The summed E-state index contributed by atoms with van der Waals surface area (Å²) in [5.41, 5.74) is 0. The van der Waals surface area contributed by atoms with Crippen molar-refractivity contribution in [1.29, 1.82) is 0 Å². The third-order valence-corrected chi connectivity index (χ3v) is 2.13. The number of aliphatic hydroxyl groups excluding tert-OH is 1. The Morgan fingerprint density at radius 1 is 1.62 bits per heavy atom. The Balaban J connectivity index is 2.03. The van der Waals surface area contributed by atoms with Gasteiger partial charge in [-0.2, -0.15) is 0 Å². The molecule has 4 nitrogen and oxygen atoms in total. The maximum Gasteiger partial charge on any atom is 0.223 e. The highest BCUT2D eigenvalue weighted by molar-refractivity contribution is 4.97. The van der Waals surface area contributed by atoms with Crippen LogP contribution in [0.4, 0.5) is 0 Å². The highest BCUT2D eigenvalue weighted by atomic mass is 16.5. The molecule has 0 aromatic carbocycles. The average Bonchev–Trinajstić information content (AvgIpc) is 2.70. The molecule has 4 heteroatoms. The predicted octanol–water partition coefficient (Wildman–Crippen LogP) is 1.06. The molecule has 1 unspecified atom stereocenters. The van der Waals surface area contributed by atoms with Gasteiger partial charge in [0.1, 0.15) is 11.9 Å². The van der Waals surface area contributed by atoms with Crippen molar-refractivity contribution in [3.63, 3.8) is 0 Å².